The van der Waals surface area contributed by atoms with E-state index in [-0.39, 0.29) is 56.7 Å². The number of piperidine rings is 1. The van der Waals surface area contributed by atoms with Gasteiger partial charge in [-0.25, -0.2) is 0 Å². The molecule has 0 aromatic heterocycles. The molecule has 184 valence electrons. The minimum atomic E-state index is -3.83. The highest BCUT2D eigenvalue weighted by Crippen LogP contribution is 2.31. The fourth-order valence-electron chi connectivity index (χ4n) is 4.11. The van der Waals surface area contributed by atoms with Crippen LogP contribution >= 0.6 is 0 Å². The van der Waals surface area contributed by atoms with Crippen molar-refractivity contribution in [2.45, 2.75) is 37.9 Å². The number of fused-ring (bicyclic) bond motifs is 1. The van der Waals surface area contributed by atoms with E-state index in [9.17, 15) is 28.0 Å². The molecule has 0 aliphatic carbocycles. The van der Waals surface area contributed by atoms with Gasteiger partial charge >= 0.3 is 5.92 Å². The molecule has 0 saturated carbocycles. The van der Waals surface area contributed by atoms with Gasteiger partial charge in [-0.05, 0) is 35.7 Å². The third-order valence-corrected chi connectivity index (χ3v) is 5.88. The summed E-state index contributed by atoms with van der Waals surface area (Å²) in [5, 5.41) is 13.3. The van der Waals surface area contributed by atoms with Gasteiger partial charge in [0, 0.05) is 30.6 Å². The first kappa shape index (κ1) is 24.3. The fraction of sp³-hybridized carbons (Fsp3) is 0.333. The van der Waals surface area contributed by atoms with Crippen LogP contribution in [0.15, 0.2) is 42.5 Å². The molecule has 2 aromatic carbocycles. The number of benzene rings is 2. The van der Waals surface area contributed by atoms with Gasteiger partial charge in [-0.2, -0.15) is 8.78 Å². The first-order valence-corrected chi connectivity index (χ1v) is 11.0. The highest BCUT2D eigenvalue weighted by atomic mass is 19.3. The Kier molecular flexibility index (Phi) is 6.79. The molecule has 11 heteroatoms. The molecule has 4 amide bonds. The molecular weight excluding hydrogens is 464 g/mol. The molecule has 35 heavy (non-hydrogen) atoms. The van der Waals surface area contributed by atoms with Crippen molar-refractivity contribution in [3.05, 3.63) is 64.7 Å². The summed E-state index contributed by atoms with van der Waals surface area (Å²) in [4.78, 5) is 50.0. The summed E-state index contributed by atoms with van der Waals surface area (Å²) < 4.78 is 34.6. The summed E-state index contributed by atoms with van der Waals surface area (Å²) in [5.74, 6) is -6.47. The maximum atomic E-state index is 14.7. The first-order chi connectivity index (χ1) is 16.7. The largest absolute Gasteiger partial charge is 0.491 e. The Hall–Kier alpha value is -3.86. The topological polar surface area (TPSA) is 125 Å². The van der Waals surface area contributed by atoms with Crippen molar-refractivity contribution in [3.8, 4) is 5.75 Å². The van der Waals surface area contributed by atoms with E-state index in [1.54, 1.807) is 12.1 Å². The summed E-state index contributed by atoms with van der Waals surface area (Å²) in [6.07, 6.45) is 0.368. The second kappa shape index (κ2) is 9.79. The standard InChI is InChI=1S/C24H23F2N3O6/c25-24(26,16-2-1-3-17(11-16)35-9-8-30)23(34)27-12-14-4-5-18-15(10-14)13-29(22(18)33)19-6-7-20(31)28-21(19)32/h1-5,10-11,19,30H,6-9,12-13H2,(H,27,34)(H,28,31,32). The molecule has 2 heterocycles. The third-order valence-electron chi connectivity index (χ3n) is 5.88. The zero-order valence-electron chi connectivity index (χ0n) is 18.6. The Morgan fingerprint density at radius 3 is 2.74 bits per heavy atom. The van der Waals surface area contributed by atoms with Crippen LogP contribution in [0.1, 0.15) is 39.9 Å². The molecule has 3 N–H and O–H groups in total. The van der Waals surface area contributed by atoms with Crippen LogP contribution in [0.25, 0.3) is 0 Å². The normalized spacial score (nSPS) is 17.7. The number of rotatable bonds is 8. The monoisotopic (exact) mass is 487 g/mol. The lowest BCUT2D eigenvalue weighted by molar-refractivity contribution is -0.147. The van der Waals surface area contributed by atoms with Crippen LogP contribution in [-0.4, -0.2) is 52.9 Å². The molecule has 0 radical (unpaired) electrons. The predicted octanol–water partition coefficient (Wildman–Crippen LogP) is 1.23. The maximum absolute atomic E-state index is 14.7. The number of nitrogens with one attached hydrogen (secondary N) is 2. The number of imide groups is 1. The second-order valence-electron chi connectivity index (χ2n) is 8.25. The maximum Gasteiger partial charge on any atom is 0.349 e. The van der Waals surface area contributed by atoms with Crippen LogP contribution in [0.2, 0.25) is 0 Å². The van der Waals surface area contributed by atoms with E-state index < -0.39 is 29.3 Å². The molecule has 0 spiro atoms. The number of alkyl halides is 2. The van der Waals surface area contributed by atoms with Crippen LogP contribution in [0.3, 0.4) is 0 Å². The molecule has 1 fully saturated rings. The Morgan fingerprint density at radius 1 is 1.20 bits per heavy atom. The van der Waals surface area contributed by atoms with E-state index in [0.717, 1.165) is 12.1 Å². The van der Waals surface area contributed by atoms with E-state index in [2.05, 4.69) is 10.6 Å². The SMILES string of the molecule is O=C1CCC(N2Cc3cc(CNC(=O)C(F)(F)c4cccc(OCCO)c4)ccc3C2=O)C(=O)N1. The molecule has 2 aliphatic rings. The number of hydrogen-bond acceptors (Lipinski definition) is 6. The number of ether oxygens (including phenoxy) is 1. The van der Waals surface area contributed by atoms with Crippen LogP contribution in [0.5, 0.6) is 5.75 Å². The number of aliphatic hydroxyl groups excluding tert-OH is 1. The van der Waals surface area contributed by atoms with Gasteiger partial charge in [0.1, 0.15) is 18.4 Å². The quantitative estimate of drug-likeness (QED) is 0.481. The number of carbonyl (C=O) groups is 4. The van der Waals surface area contributed by atoms with Crippen molar-refractivity contribution < 1.29 is 37.8 Å². The molecule has 1 saturated heterocycles. The van der Waals surface area contributed by atoms with Crippen molar-refractivity contribution in [2.75, 3.05) is 13.2 Å². The predicted molar refractivity (Wildman–Crippen MR) is 117 cm³/mol. The third kappa shape index (κ3) is 4.99. The van der Waals surface area contributed by atoms with Gasteiger partial charge in [0.05, 0.1) is 6.61 Å². The Labute approximate surface area is 199 Å². The van der Waals surface area contributed by atoms with Gasteiger partial charge in [-0.3, -0.25) is 24.5 Å². The van der Waals surface area contributed by atoms with Crippen molar-refractivity contribution >= 4 is 23.6 Å². The highest BCUT2D eigenvalue weighted by molar-refractivity contribution is 6.05. The fourth-order valence-corrected chi connectivity index (χ4v) is 4.11. The van der Waals surface area contributed by atoms with E-state index in [0.29, 0.717) is 16.7 Å². The Bertz CT molecular complexity index is 1190. The minimum Gasteiger partial charge on any atom is -0.491 e. The molecule has 0 bridgehead atoms. The lowest BCUT2D eigenvalue weighted by atomic mass is 10.0. The molecule has 1 unspecified atom stereocenters. The van der Waals surface area contributed by atoms with E-state index in [4.69, 9.17) is 9.84 Å². The molecule has 4 rings (SSSR count). The zero-order valence-corrected chi connectivity index (χ0v) is 18.6. The number of amides is 4. The van der Waals surface area contributed by atoms with E-state index >= 15 is 0 Å². The van der Waals surface area contributed by atoms with Gasteiger partial charge in [0.25, 0.3) is 11.8 Å². The van der Waals surface area contributed by atoms with Crippen molar-refractivity contribution in [3.63, 3.8) is 0 Å². The van der Waals surface area contributed by atoms with E-state index in [1.807, 2.05) is 0 Å². The summed E-state index contributed by atoms with van der Waals surface area (Å²) in [7, 11) is 0. The summed E-state index contributed by atoms with van der Waals surface area (Å²) in [5.41, 5.74) is 0.942. The molecule has 2 aliphatic heterocycles. The van der Waals surface area contributed by atoms with Crippen LogP contribution in [0, 0.1) is 0 Å². The molecule has 1 atom stereocenters. The number of nitrogens with zero attached hydrogens (tertiary/aromatic N) is 1. The average molecular weight is 487 g/mol. The number of hydrogen-bond donors (Lipinski definition) is 3. The summed E-state index contributed by atoms with van der Waals surface area (Å²) >= 11 is 0. The second-order valence-corrected chi connectivity index (χ2v) is 8.25. The molecular formula is C24H23F2N3O6. The van der Waals surface area contributed by atoms with Gasteiger partial charge in [0.2, 0.25) is 11.8 Å². The van der Waals surface area contributed by atoms with Gasteiger partial charge in [0.15, 0.2) is 0 Å². The van der Waals surface area contributed by atoms with Gasteiger partial charge in [-0.15, -0.1) is 0 Å². The van der Waals surface area contributed by atoms with Crippen LogP contribution < -0.4 is 15.4 Å². The lowest BCUT2D eigenvalue weighted by Crippen LogP contribution is -2.52. The van der Waals surface area contributed by atoms with Crippen LogP contribution in [-0.2, 0) is 33.4 Å². The van der Waals surface area contributed by atoms with Crippen molar-refractivity contribution in [2.24, 2.45) is 0 Å². The van der Waals surface area contributed by atoms with Crippen molar-refractivity contribution in [1.29, 1.82) is 0 Å². The highest BCUT2D eigenvalue weighted by Gasteiger charge is 2.41. The number of carbonyl (C=O) groups excluding carboxylic acids is 4. The Balaban J connectivity index is 1.41. The zero-order chi connectivity index (χ0) is 25.2. The molecule has 2 aromatic rings. The van der Waals surface area contributed by atoms with Crippen molar-refractivity contribution in [1.82, 2.24) is 15.5 Å². The Morgan fingerprint density at radius 2 is 2.00 bits per heavy atom. The summed E-state index contributed by atoms with van der Waals surface area (Å²) in [6.45, 7) is -0.407. The van der Waals surface area contributed by atoms with Crippen LogP contribution in [0.4, 0.5) is 8.78 Å². The average Bonchev–Trinajstić information content (AvgIpc) is 3.16. The minimum absolute atomic E-state index is 0.0664. The molecule has 9 nitrogen and oxygen atoms in total. The van der Waals surface area contributed by atoms with Gasteiger partial charge < -0.3 is 20.1 Å². The first-order valence-electron chi connectivity index (χ1n) is 11.0. The number of aliphatic hydroxyl groups is 1. The number of halogens is 2. The lowest BCUT2D eigenvalue weighted by Gasteiger charge is -2.29. The van der Waals surface area contributed by atoms with E-state index in [1.165, 1.54) is 23.1 Å². The van der Waals surface area contributed by atoms with Gasteiger partial charge in [-0.1, -0.05) is 24.3 Å². The summed E-state index contributed by atoms with van der Waals surface area (Å²) in [6, 6.07) is 8.87. The smallest absolute Gasteiger partial charge is 0.349 e.